The van der Waals surface area contributed by atoms with Crippen molar-refractivity contribution in [3.05, 3.63) is 30.1 Å². The first-order valence-corrected chi connectivity index (χ1v) is 6.89. The van der Waals surface area contributed by atoms with E-state index in [2.05, 4.69) is 27.6 Å². The molecule has 0 fully saturated rings. The normalized spacial score (nSPS) is 17.8. The monoisotopic (exact) mass is 270 g/mol. The van der Waals surface area contributed by atoms with Crippen molar-refractivity contribution in [2.45, 2.75) is 26.2 Å². The molecule has 5 heteroatoms. The smallest absolute Gasteiger partial charge is 0.225 e. The molecule has 0 bridgehead atoms. The van der Waals surface area contributed by atoms with Crippen molar-refractivity contribution in [2.24, 2.45) is 13.0 Å². The third kappa shape index (κ3) is 2.43. The molecule has 1 N–H and O–H groups in total. The number of aromatic nitrogens is 3. The topological polar surface area (TPSA) is 59.8 Å². The van der Waals surface area contributed by atoms with Gasteiger partial charge in [0.15, 0.2) is 5.65 Å². The number of aryl methyl sites for hydroxylation is 2. The van der Waals surface area contributed by atoms with Crippen molar-refractivity contribution < 1.29 is 4.79 Å². The fourth-order valence-corrected chi connectivity index (χ4v) is 2.69. The van der Waals surface area contributed by atoms with E-state index in [1.165, 1.54) is 0 Å². The molecule has 0 spiro atoms. The number of fused-ring (bicyclic) bond motifs is 1. The summed E-state index contributed by atoms with van der Waals surface area (Å²) in [6, 6.07) is 1.94. The van der Waals surface area contributed by atoms with Gasteiger partial charge >= 0.3 is 0 Å². The minimum Gasteiger partial charge on any atom is -0.325 e. The van der Waals surface area contributed by atoms with Crippen molar-refractivity contribution in [3.8, 4) is 0 Å². The van der Waals surface area contributed by atoms with Crippen molar-refractivity contribution in [2.75, 3.05) is 5.32 Å². The van der Waals surface area contributed by atoms with Gasteiger partial charge in [0.25, 0.3) is 0 Å². The maximum absolute atomic E-state index is 12.0. The van der Waals surface area contributed by atoms with Crippen LogP contribution in [0, 0.1) is 12.8 Å². The van der Waals surface area contributed by atoms with Gasteiger partial charge in [0.05, 0.1) is 17.6 Å². The molecule has 20 heavy (non-hydrogen) atoms. The zero-order chi connectivity index (χ0) is 14.1. The molecule has 1 aliphatic rings. The Morgan fingerprint density at radius 1 is 1.55 bits per heavy atom. The minimum absolute atomic E-state index is 0.0456. The Balaban J connectivity index is 1.75. The van der Waals surface area contributed by atoms with E-state index in [0.717, 1.165) is 35.3 Å². The van der Waals surface area contributed by atoms with Gasteiger partial charge in [-0.2, -0.15) is 5.10 Å². The molecule has 1 unspecified atom stereocenters. The Morgan fingerprint density at radius 3 is 3.15 bits per heavy atom. The molecular formula is C15H18N4O. The molecule has 0 aromatic carbocycles. The van der Waals surface area contributed by atoms with E-state index < -0.39 is 0 Å². The van der Waals surface area contributed by atoms with Crippen molar-refractivity contribution in [3.63, 3.8) is 0 Å². The van der Waals surface area contributed by atoms with Gasteiger partial charge < -0.3 is 5.32 Å². The molecule has 5 nitrogen and oxygen atoms in total. The lowest BCUT2D eigenvalue weighted by Gasteiger charge is -2.08. The van der Waals surface area contributed by atoms with Gasteiger partial charge in [-0.15, -0.1) is 0 Å². The number of hydrogen-bond acceptors (Lipinski definition) is 3. The molecule has 0 aliphatic heterocycles. The first kappa shape index (κ1) is 12.8. The number of rotatable bonds is 3. The van der Waals surface area contributed by atoms with Crippen LogP contribution in [0.2, 0.25) is 0 Å². The maximum atomic E-state index is 12.0. The number of amides is 1. The van der Waals surface area contributed by atoms with Gasteiger partial charge in [0, 0.05) is 18.9 Å². The molecule has 2 aromatic heterocycles. The summed E-state index contributed by atoms with van der Waals surface area (Å²) in [7, 11) is 1.87. The summed E-state index contributed by atoms with van der Waals surface area (Å²) in [5.74, 6) is 0.427. The van der Waals surface area contributed by atoms with Gasteiger partial charge in [-0.05, 0) is 31.7 Å². The van der Waals surface area contributed by atoms with Crippen LogP contribution >= 0.6 is 0 Å². The number of nitrogens with one attached hydrogen (secondary N) is 1. The highest BCUT2D eigenvalue weighted by molar-refractivity contribution is 5.93. The summed E-state index contributed by atoms with van der Waals surface area (Å²) in [4.78, 5) is 16.4. The van der Waals surface area contributed by atoms with Crippen molar-refractivity contribution in [1.29, 1.82) is 0 Å². The van der Waals surface area contributed by atoms with Crippen LogP contribution < -0.4 is 5.32 Å². The van der Waals surface area contributed by atoms with Gasteiger partial charge in [-0.3, -0.25) is 9.48 Å². The Bertz CT molecular complexity index is 686. The highest BCUT2D eigenvalue weighted by Gasteiger charge is 2.15. The summed E-state index contributed by atoms with van der Waals surface area (Å²) in [6.45, 7) is 1.94. The number of hydrogen-bond donors (Lipinski definition) is 1. The van der Waals surface area contributed by atoms with Crippen LogP contribution in [0.1, 0.15) is 25.0 Å². The Morgan fingerprint density at radius 2 is 2.40 bits per heavy atom. The van der Waals surface area contributed by atoms with Crippen LogP contribution in [0.15, 0.2) is 24.4 Å². The van der Waals surface area contributed by atoms with Crippen molar-refractivity contribution in [1.82, 2.24) is 14.8 Å². The summed E-state index contributed by atoms with van der Waals surface area (Å²) >= 11 is 0. The number of carbonyl (C=O) groups excluding carboxylic acids is 1. The maximum Gasteiger partial charge on any atom is 0.225 e. The molecule has 3 rings (SSSR count). The lowest BCUT2D eigenvalue weighted by atomic mass is 10.1. The average Bonchev–Trinajstić information content (AvgIpc) is 2.99. The van der Waals surface area contributed by atoms with Crippen LogP contribution in [-0.4, -0.2) is 20.7 Å². The second-order valence-corrected chi connectivity index (χ2v) is 5.32. The fourth-order valence-electron chi connectivity index (χ4n) is 2.69. The van der Waals surface area contributed by atoms with Gasteiger partial charge in [-0.25, -0.2) is 4.98 Å². The van der Waals surface area contributed by atoms with E-state index in [0.29, 0.717) is 12.3 Å². The second-order valence-electron chi connectivity index (χ2n) is 5.32. The summed E-state index contributed by atoms with van der Waals surface area (Å²) in [5.41, 5.74) is 2.49. The SMILES string of the molecule is Cc1nn(C)c2ncc(NC(=O)CC3C=CCC3)cc12. The van der Waals surface area contributed by atoms with E-state index in [-0.39, 0.29) is 5.91 Å². The van der Waals surface area contributed by atoms with Gasteiger partial charge in [0.1, 0.15) is 0 Å². The summed E-state index contributed by atoms with van der Waals surface area (Å²) in [5, 5.41) is 8.23. The third-order valence-electron chi connectivity index (χ3n) is 3.71. The zero-order valence-electron chi connectivity index (χ0n) is 11.8. The predicted octanol–water partition coefficient (Wildman–Crippen LogP) is 2.57. The van der Waals surface area contributed by atoms with Gasteiger partial charge in [0.2, 0.25) is 5.91 Å². The summed E-state index contributed by atoms with van der Waals surface area (Å²) in [6.07, 6.45) is 8.66. The Kier molecular flexibility index (Phi) is 3.26. The molecule has 1 atom stereocenters. The van der Waals surface area contributed by atoms with E-state index in [1.807, 2.05) is 20.0 Å². The minimum atomic E-state index is 0.0456. The predicted molar refractivity (Wildman–Crippen MR) is 78.4 cm³/mol. The van der Waals surface area contributed by atoms with Gasteiger partial charge in [-0.1, -0.05) is 12.2 Å². The number of pyridine rings is 1. The zero-order valence-corrected chi connectivity index (χ0v) is 11.8. The average molecular weight is 270 g/mol. The van der Waals surface area contributed by atoms with E-state index in [9.17, 15) is 4.79 Å². The summed E-state index contributed by atoms with van der Waals surface area (Å²) < 4.78 is 1.75. The molecule has 0 radical (unpaired) electrons. The van der Waals surface area contributed by atoms with Crippen LogP contribution in [-0.2, 0) is 11.8 Å². The van der Waals surface area contributed by atoms with Crippen LogP contribution in [0.25, 0.3) is 11.0 Å². The van der Waals surface area contributed by atoms with E-state index in [1.54, 1.807) is 10.9 Å². The van der Waals surface area contributed by atoms with Crippen LogP contribution in [0.5, 0.6) is 0 Å². The number of carbonyl (C=O) groups is 1. The molecular weight excluding hydrogens is 252 g/mol. The highest BCUT2D eigenvalue weighted by atomic mass is 16.1. The largest absolute Gasteiger partial charge is 0.325 e. The Labute approximate surface area is 117 Å². The lowest BCUT2D eigenvalue weighted by molar-refractivity contribution is -0.116. The quantitative estimate of drug-likeness (QED) is 0.872. The molecule has 0 saturated heterocycles. The molecule has 0 saturated carbocycles. The number of nitrogens with zero attached hydrogens (tertiary/aromatic N) is 3. The number of anilines is 1. The molecule has 1 amide bonds. The second kappa shape index (κ2) is 5.07. The molecule has 2 aromatic rings. The van der Waals surface area contributed by atoms with Crippen LogP contribution in [0.3, 0.4) is 0 Å². The molecule has 1 aliphatic carbocycles. The number of allylic oxidation sites excluding steroid dienone is 2. The highest BCUT2D eigenvalue weighted by Crippen LogP contribution is 2.22. The standard InChI is InChI=1S/C15H18N4O/c1-10-13-8-12(9-16-15(13)19(2)18-10)17-14(20)7-11-5-3-4-6-11/h3,5,8-9,11H,4,6-7H2,1-2H3,(H,17,20). The van der Waals surface area contributed by atoms with E-state index in [4.69, 9.17) is 0 Å². The Hall–Kier alpha value is -2.17. The first-order chi connectivity index (χ1) is 9.63. The van der Waals surface area contributed by atoms with Crippen molar-refractivity contribution >= 4 is 22.6 Å². The first-order valence-electron chi connectivity index (χ1n) is 6.89. The third-order valence-corrected chi connectivity index (χ3v) is 3.71. The van der Waals surface area contributed by atoms with Crippen LogP contribution in [0.4, 0.5) is 5.69 Å². The van der Waals surface area contributed by atoms with E-state index >= 15 is 0 Å². The molecule has 104 valence electrons. The lowest BCUT2D eigenvalue weighted by Crippen LogP contribution is -2.14. The fraction of sp³-hybridized carbons (Fsp3) is 0.400. The molecule has 2 heterocycles.